The van der Waals surface area contributed by atoms with Crippen LogP contribution in [0.15, 0.2) is 24.3 Å². The lowest BCUT2D eigenvalue weighted by atomic mass is 10.2. The lowest BCUT2D eigenvalue weighted by molar-refractivity contribution is -0.118. The van der Waals surface area contributed by atoms with E-state index in [-0.39, 0.29) is 25.0 Å². The standard InChI is InChI=1S/C18H15Cl2N3O5/c19-9-3-13-14(28-8-18(25)23-13)5-11(9)21-7-17(24)22-12-6-16-15(4-10(12)20)26-1-2-27-16/h3-6,21H,1-2,7-8H2,(H,22,24)(H,23,25). The summed E-state index contributed by atoms with van der Waals surface area (Å²) in [5, 5.41) is 9.01. The predicted molar refractivity (Wildman–Crippen MR) is 105 cm³/mol. The normalized spacial score (nSPS) is 14.4. The van der Waals surface area contributed by atoms with Crippen LogP contribution in [0.2, 0.25) is 10.0 Å². The second-order valence-corrected chi connectivity index (χ2v) is 6.86. The number of fused-ring (bicyclic) bond motifs is 2. The second kappa shape index (κ2) is 7.65. The van der Waals surface area contributed by atoms with Gasteiger partial charge < -0.3 is 30.2 Å². The number of ether oxygens (including phenoxy) is 3. The Bertz CT molecular complexity index is 967. The third kappa shape index (κ3) is 3.88. The van der Waals surface area contributed by atoms with Gasteiger partial charge in [-0.3, -0.25) is 9.59 Å². The van der Waals surface area contributed by atoms with Crippen LogP contribution in [0.3, 0.4) is 0 Å². The van der Waals surface area contributed by atoms with Gasteiger partial charge in [0.05, 0.1) is 33.7 Å². The number of rotatable bonds is 4. The van der Waals surface area contributed by atoms with Gasteiger partial charge in [0.15, 0.2) is 18.1 Å². The summed E-state index contributed by atoms with van der Waals surface area (Å²) in [5.74, 6) is 0.958. The maximum Gasteiger partial charge on any atom is 0.262 e. The van der Waals surface area contributed by atoms with E-state index in [0.717, 1.165) is 0 Å². The first-order chi connectivity index (χ1) is 13.5. The van der Waals surface area contributed by atoms with Gasteiger partial charge >= 0.3 is 0 Å². The maximum atomic E-state index is 12.3. The average Bonchev–Trinajstić information content (AvgIpc) is 2.67. The molecule has 0 radical (unpaired) electrons. The van der Waals surface area contributed by atoms with Crippen LogP contribution in [-0.2, 0) is 9.59 Å². The first-order valence-corrected chi connectivity index (χ1v) is 9.14. The van der Waals surface area contributed by atoms with Crippen molar-refractivity contribution < 1.29 is 23.8 Å². The van der Waals surface area contributed by atoms with E-state index < -0.39 is 0 Å². The molecule has 28 heavy (non-hydrogen) atoms. The quantitative estimate of drug-likeness (QED) is 0.698. The molecule has 0 unspecified atom stereocenters. The molecule has 3 N–H and O–H groups in total. The van der Waals surface area contributed by atoms with Gasteiger partial charge in [-0.15, -0.1) is 0 Å². The maximum absolute atomic E-state index is 12.3. The Morgan fingerprint density at radius 2 is 1.64 bits per heavy atom. The number of anilines is 3. The Hall–Kier alpha value is -2.84. The number of nitrogens with one attached hydrogen (secondary N) is 3. The van der Waals surface area contributed by atoms with E-state index >= 15 is 0 Å². The lowest BCUT2D eigenvalue weighted by Crippen LogP contribution is -2.26. The van der Waals surface area contributed by atoms with Crippen LogP contribution in [0, 0.1) is 0 Å². The Morgan fingerprint density at radius 3 is 2.43 bits per heavy atom. The first-order valence-electron chi connectivity index (χ1n) is 8.38. The van der Waals surface area contributed by atoms with Gasteiger partial charge in [-0.2, -0.15) is 0 Å². The van der Waals surface area contributed by atoms with Crippen LogP contribution in [0.5, 0.6) is 17.2 Å². The second-order valence-electron chi connectivity index (χ2n) is 6.04. The summed E-state index contributed by atoms with van der Waals surface area (Å²) in [6, 6.07) is 6.41. The molecular formula is C18H15Cl2N3O5. The molecule has 10 heteroatoms. The van der Waals surface area contributed by atoms with Crippen molar-refractivity contribution >= 4 is 52.1 Å². The summed E-state index contributed by atoms with van der Waals surface area (Å²) in [6.07, 6.45) is 0. The highest BCUT2D eigenvalue weighted by Gasteiger charge is 2.19. The molecule has 0 atom stereocenters. The number of hydrogen-bond acceptors (Lipinski definition) is 6. The highest BCUT2D eigenvalue weighted by atomic mass is 35.5. The van der Waals surface area contributed by atoms with Crippen molar-refractivity contribution in [2.24, 2.45) is 0 Å². The average molecular weight is 424 g/mol. The summed E-state index contributed by atoms with van der Waals surface area (Å²) >= 11 is 12.4. The third-order valence-electron chi connectivity index (χ3n) is 4.05. The van der Waals surface area contributed by atoms with E-state index in [1.54, 1.807) is 24.3 Å². The number of hydrogen-bond donors (Lipinski definition) is 3. The minimum atomic E-state index is -0.332. The van der Waals surface area contributed by atoms with Gasteiger partial charge in [-0.05, 0) is 6.07 Å². The summed E-state index contributed by atoms with van der Waals surface area (Å²) in [4.78, 5) is 23.7. The molecule has 2 aromatic carbocycles. The van der Waals surface area contributed by atoms with Crippen molar-refractivity contribution in [2.75, 3.05) is 42.3 Å². The largest absolute Gasteiger partial charge is 0.486 e. The number of benzene rings is 2. The van der Waals surface area contributed by atoms with Crippen molar-refractivity contribution in [3.05, 3.63) is 34.3 Å². The molecular weight excluding hydrogens is 409 g/mol. The van der Waals surface area contributed by atoms with Crippen molar-refractivity contribution in [1.29, 1.82) is 0 Å². The fourth-order valence-corrected chi connectivity index (χ4v) is 3.20. The van der Waals surface area contributed by atoms with E-state index in [1.807, 2.05) is 0 Å². The zero-order valence-electron chi connectivity index (χ0n) is 14.4. The van der Waals surface area contributed by atoms with Gasteiger partial charge in [0.1, 0.15) is 19.0 Å². The van der Waals surface area contributed by atoms with E-state index in [1.165, 1.54) is 0 Å². The highest BCUT2D eigenvalue weighted by molar-refractivity contribution is 6.34. The van der Waals surface area contributed by atoms with Crippen LogP contribution >= 0.6 is 23.2 Å². The summed E-state index contributed by atoms with van der Waals surface area (Å²) < 4.78 is 16.3. The number of carbonyl (C=O) groups excluding carboxylic acids is 2. The third-order valence-corrected chi connectivity index (χ3v) is 4.67. The molecule has 2 heterocycles. The van der Waals surface area contributed by atoms with Gasteiger partial charge in [0.25, 0.3) is 5.91 Å². The fourth-order valence-electron chi connectivity index (χ4n) is 2.77. The first kappa shape index (κ1) is 18.5. The minimum absolute atomic E-state index is 0.0599. The molecule has 0 bridgehead atoms. The van der Waals surface area contributed by atoms with Crippen molar-refractivity contribution in [2.45, 2.75) is 0 Å². The van der Waals surface area contributed by atoms with Crippen LogP contribution in [0.1, 0.15) is 0 Å². The van der Waals surface area contributed by atoms with E-state index in [4.69, 9.17) is 37.4 Å². The van der Waals surface area contributed by atoms with Crippen LogP contribution in [-0.4, -0.2) is 38.2 Å². The molecule has 0 aromatic heterocycles. The minimum Gasteiger partial charge on any atom is -0.486 e. The monoisotopic (exact) mass is 423 g/mol. The topological polar surface area (TPSA) is 97.9 Å². The van der Waals surface area contributed by atoms with Crippen LogP contribution < -0.4 is 30.2 Å². The lowest BCUT2D eigenvalue weighted by Gasteiger charge is -2.20. The molecule has 0 spiro atoms. The number of halogens is 2. The Kier molecular flexibility index (Phi) is 5.06. The Labute approximate surface area is 170 Å². The van der Waals surface area contributed by atoms with E-state index in [9.17, 15) is 9.59 Å². The van der Waals surface area contributed by atoms with Crippen LogP contribution in [0.4, 0.5) is 17.1 Å². The number of carbonyl (C=O) groups is 2. The molecule has 2 amide bonds. The molecule has 2 aliphatic heterocycles. The van der Waals surface area contributed by atoms with Gasteiger partial charge in [0.2, 0.25) is 5.91 Å². The van der Waals surface area contributed by atoms with E-state index in [2.05, 4.69) is 16.0 Å². The van der Waals surface area contributed by atoms with Crippen molar-refractivity contribution in [1.82, 2.24) is 0 Å². The van der Waals surface area contributed by atoms with Crippen LogP contribution in [0.25, 0.3) is 0 Å². The molecule has 0 fully saturated rings. The SMILES string of the molecule is O=C(CNc1cc2c(cc1Cl)NC(=O)CO2)Nc1cc2c(cc1Cl)OCCO2. The van der Waals surface area contributed by atoms with Gasteiger partial charge in [-0.1, -0.05) is 23.2 Å². The predicted octanol–water partition coefficient (Wildman–Crippen LogP) is 3.15. The molecule has 0 saturated carbocycles. The summed E-state index contributed by atoms with van der Waals surface area (Å²) in [7, 11) is 0. The molecule has 0 saturated heterocycles. The zero-order valence-corrected chi connectivity index (χ0v) is 15.9. The summed E-state index contributed by atoms with van der Waals surface area (Å²) in [5.41, 5.74) is 1.40. The molecule has 4 rings (SSSR count). The van der Waals surface area contributed by atoms with E-state index in [0.29, 0.717) is 57.6 Å². The fraction of sp³-hybridized carbons (Fsp3) is 0.222. The smallest absolute Gasteiger partial charge is 0.262 e. The van der Waals surface area contributed by atoms with Crippen molar-refractivity contribution in [3.63, 3.8) is 0 Å². The van der Waals surface area contributed by atoms with Crippen molar-refractivity contribution in [3.8, 4) is 17.2 Å². The number of amides is 2. The van der Waals surface area contributed by atoms with Gasteiger partial charge in [-0.25, -0.2) is 0 Å². The highest BCUT2D eigenvalue weighted by Crippen LogP contribution is 2.38. The molecule has 0 aliphatic carbocycles. The summed E-state index contributed by atoms with van der Waals surface area (Å²) in [6.45, 7) is 0.754. The zero-order chi connectivity index (χ0) is 19.7. The molecule has 146 valence electrons. The Morgan fingerprint density at radius 1 is 0.964 bits per heavy atom. The Balaban J connectivity index is 1.42. The van der Waals surface area contributed by atoms with Gasteiger partial charge in [0, 0.05) is 18.2 Å². The molecule has 2 aromatic rings. The molecule has 8 nitrogen and oxygen atoms in total. The molecule has 2 aliphatic rings.